The molecule has 1 aromatic rings. The molecule has 0 aliphatic heterocycles. The molecule has 0 atom stereocenters. The third-order valence-electron chi connectivity index (χ3n) is 1.29. The molecule has 0 aromatic carbocycles. The van der Waals surface area contributed by atoms with Crippen LogP contribution in [-0.2, 0) is 5.75 Å². The van der Waals surface area contributed by atoms with Crippen molar-refractivity contribution in [2.45, 2.75) is 12.2 Å². The van der Waals surface area contributed by atoms with E-state index in [1.165, 1.54) is 15.1 Å². The van der Waals surface area contributed by atoms with E-state index in [0.717, 1.165) is 18.1 Å². The lowest BCUT2D eigenvalue weighted by atomic mass is 10.5. The molecule has 0 fully saturated rings. The Morgan fingerprint density at radius 1 is 1.58 bits per heavy atom. The van der Waals surface area contributed by atoms with Crippen LogP contribution in [0.25, 0.3) is 0 Å². The summed E-state index contributed by atoms with van der Waals surface area (Å²) in [6.07, 6.45) is 1.11. The summed E-state index contributed by atoms with van der Waals surface area (Å²) >= 11 is 12.8. The first-order chi connectivity index (χ1) is 5.83. The molecule has 68 valence electrons. The van der Waals surface area contributed by atoms with Gasteiger partial charge in [-0.15, -0.1) is 22.9 Å². The SMILES string of the molecule is ClCCCSCc1cc(Br)cs1. The normalized spacial score (nSPS) is 10.5. The molecule has 0 aliphatic rings. The average molecular weight is 286 g/mol. The number of alkyl halides is 1. The molecule has 1 heterocycles. The van der Waals surface area contributed by atoms with Crippen molar-refractivity contribution in [3.63, 3.8) is 0 Å². The van der Waals surface area contributed by atoms with Crippen molar-refractivity contribution in [1.29, 1.82) is 0 Å². The van der Waals surface area contributed by atoms with Gasteiger partial charge in [0.2, 0.25) is 0 Å². The fraction of sp³-hybridized carbons (Fsp3) is 0.500. The van der Waals surface area contributed by atoms with Crippen LogP contribution in [0.4, 0.5) is 0 Å². The molecule has 12 heavy (non-hydrogen) atoms. The summed E-state index contributed by atoms with van der Waals surface area (Å²) in [6.45, 7) is 0. The van der Waals surface area contributed by atoms with Gasteiger partial charge in [-0.05, 0) is 34.2 Å². The van der Waals surface area contributed by atoms with Gasteiger partial charge < -0.3 is 0 Å². The smallest absolute Gasteiger partial charge is 0.0285 e. The van der Waals surface area contributed by atoms with E-state index in [9.17, 15) is 0 Å². The molecule has 1 rings (SSSR count). The third-order valence-corrected chi connectivity index (χ3v) is 4.53. The third kappa shape index (κ3) is 4.17. The minimum atomic E-state index is 0.779. The molecule has 4 heteroatoms. The molecule has 0 amide bonds. The van der Waals surface area contributed by atoms with Crippen LogP contribution in [0.1, 0.15) is 11.3 Å². The first kappa shape index (κ1) is 10.9. The molecule has 0 nitrogen and oxygen atoms in total. The quantitative estimate of drug-likeness (QED) is 0.572. The van der Waals surface area contributed by atoms with Crippen LogP contribution in [-0.4, -0.2) is 11.6 Å². The van der Waals surface area contributed by atoms with E-state index in [0.29, 0.717) is 0 Å². The van der Waals surface area contributed by atoms with E-state index in [4.69, 9.17) is 11.6 Å². The summed E-state index contributed by atoms with van der Waals surface area (Å²) in [7, 11) is 0. The van der Waals surface area contributed by atoms with Crippen LogP contribution in [0.2, 0.25) is 0 Å². The van der Waals surface area contributed by atoms with Gasteiger partial charge in [-0.3, -0.25) is 0 Å². The van der Waals surface area contributed by atoms with Gasteiger partial charge in [-0.25, -0.2) is 0 Å². The van der Waals surface area contributed by atoms with Gasteiger partial charge >= 0.3 is 0 Å². The summed E-state index contributed by atoms with van der Waals surface area (Å²) in [6, 6.07) is 2.18. The highest BCUT2D eigenvalue weighted by molar-refractivity contribution is 9.10. The van der Waals surface area contributed by atoms with Crippen molar-refractivity contribution in [3.8, 4) is 0 Å². The molecule has 1 aromatic heterocycles. The van der Waals surface area contributed by atoms with E-state index < -0.39 is 0 Å². The highest BCUT2D eigenvalue weighted by Crippen LogP contribution is 2.23. The van der Waals surface area contributed by atoms with E-state index in [2.05, 4.69) is 27.4 Å². The van der Waals surface area contributed by atoms with Gasteiger partial charge in [0.05, 0.1) is 0 Å². The maximum atomic E-state index is 5.57. The Kier molecular flexibility index (Phi) is 5.72. The van der Waals surface area contributed by atoms with Crippen molar-refractivity contribution in [2.75, 3.05) is 11.6 Å². The Labute approximate surface area is 94.8 Å². The lowest BCUT2D eigenvalue weighted by molar-refractivity contribution is 1.11. The average Bonchev–Trinajstić information content (AvgIpc) is 2.45. The zero-order chi connectivity index (χ0) is 8.81. The zero-order valence-corrected chi connectivity index (χ0v) is 10.5. The molecular formula is C8H10BrClS2. The van der Waals surface area contributed by atoms with E-state index in [-0.39, 0.29) is 0 Å². The molecule has 0 radical (unpaired) electrons. The van der Waals surface area contributed by atoms with Crippen molar-refractivity contribution < 1.29 is 0 Å². The Morgan fingerprint density at radius 3 is 3.00 bits per heavy atom. The topological polar surface area (TPSA) is 0 Å². The number of hydrogen-bond donors (Lipinski definition) is 0. The monoisotopic (exact) mass is 284 g/mol. The number of hydrogen-bond acceptors (Lipinski definition) is 2. The van der Waals surface area contributed by atoms with Crippen LogP contribution >= 0.6 is 50.6 Å². The fourth-order valence-corrected chi connectivity index (χ4v) is 3.59. The van der Waals surface area contributed by atoms with Gasteiger partial charge in [-0.1, -0.05) is 0 Å². The van der Waals surface area contributed by atoms with Gasteiger partial charge in [0.15, 0.2) is 0 Å². The second-order valence-electron chi connectivity index (χ2n) is 2.33. The molecule has 0 aliphatic carbocycles. The maximum Gasteiger partial charge on any atom is 0.0285 e. The molecule has 0 spiro atoms. The lowest BCUT2D eigenvalue weighted by Crippen LogP contribution is -1.81. The molecule has 0 bridgehead atoms. The summed E-state index contributed by atoms with van der Waals surface area (Å²) in [5.41, 5.74) is 0. The van der Waals surface area contributed by atoms with E-state index >= 15 is 0 Å². The predicted molar refractivity (Wildman–Crippen MR) is 63.5 cm³/mol. The van der Waals surface area contributed by atoms with Gasteiger partial charge in [0.1, 0.15) is 0 Å². The van der Waals surface area contributed by atoms with Crippen molar-refractivity contribution >= 4 is 50.6 Å². The van der Waals surface area contributed by atoms with Gasteiger partial charge in [0, 0.05) is 26.4 Å². The molecule has 0 N–H and O–H groups in total. The summed E-state index contributed by atoms with van der Waals surface area (Å²) in [4.78, 5) is 1.43. The van der Waals surface area contributed by atoms with E-state index in [1.807, 2.05) is 11.8 Å². The van der Waals surface area contributed by atoms with Crippen molar-refractivity contribution in [3.05, 3.63) is 20.8 Å². The second kappa shape index (κ2) is 6.30. The van der Waals surface area contributed by atoms with Crippen LogP contribution in [0.3, 0.4) is 0 Å². The highest BCUT2D eigenvalue weighted by Gasteiger charge is 1.96. The van der Waals surface area contributed by atoms with Crippen molar-refractivity contribution in [2.24, 2.45) is 0 Å². The van der Waals surface area contributed by atoms with Gasteiger partial charge in [0.25, 0.3) is 0 Å². The summed E-state index contributed by atoms with van der Waals surface area (Å²) < 4.78 is 1.19. The van der Waals surface area contributed by atoms with Crippen LogP contribution in [0.15, 0.2) is 15.9 Å². The number of halogens is 2. The molecular weight excluding hydrogens is 276 g/mol. The number of thiophene rings is 1. The minimum absolute atomic E-state index is 0.779. The zero-order valence-electron chi connectivity index (χ0n) is 6.56. The number of thioether (sulfide) groups is 1. The minimum Gasteiger partial charge on any atom is -0.156 e. The fourth-order valence-electron chi connectivity index (χ4n) is 0.759. The first-order valence-electron chi connectivity index (χ1n) is 3.69. The summed E-state index contributed by atoms with van der Waals surface area (Å²) in [5, 5.41) is 2.12. The van der Waals surface area contributed by atoms with Crippen LogP contribution in [0.5, 0.6) is 0 Å². The Hall–Kier alpha value is 0.820. The highest BCUT2D eigenvalue weighted by atomic mass is 79.9. The number of rotatable bonds is 5. The Balaban J connectivity index is 2.15. The van der Waals surface area contributed by atoms with Crippen molar-refractivity contribution in [1.82, 2.24) is 0 Å². The predicted octanol–water partition coefficient (Wildman–Crippen LogP) is 4.37. The Morgan fingerprint density at radius 2 is 2.42 bits per heavy atom. The second-order valence-corrected chi connectivity index (χ2v) is 5.72. The molecule has 0 saturated heterocycles. The molecule has 0 saturated carbocycles. The first-order valence-corrected chi connectivity index (χ1v) is 7.05. The standard InChI is InChI=1S/C8H10BrClS2/c9-7-4-8(12-5-7)6-11-3-1-2-10/h4-5H,1-3,6H2. The largest absolute Gasteiger partial charge is 0.156 e. The molecule has 0 unspecified atom stereocenters. The van der Waals surface area contributed by atoms with Crippen LogP contribution in [0, 0.1) is 0 Å². The van der Waals surface area contributed by atoms with Gasteiger partial charge in [-0.2, -0.15) is 11.8 Å². The maximum absolute atomic E-state index is 5.57. The summed E-state index contributed by atoms with van der Waals surface area (Å²) in [5.74, 6) is 3.06. The Bertz CT molecular complexity index is 225. The lowest BCUT2D eigenvalue weighted by Gasteiger charge is -1.95. The van der Waals surface area contributed by atoms with E-state index in [1.54, 1.807) is 11.3 Å². The van der Waals surface area contributed by atoms with Crippen LogP contribution < -0.4 is 0 Å².